The molecule has 2 aromatic carbocycles. The van der Waals surface area contributed by atoms with Gasteiger partial charge in [-0.15, -0.1) is 0 Å². The van der Waals surface area contributed by atoms with E-state index in [4.69, 9.17) is 21.7 Å². The van der Waals surface area contributed by atoms with Crippen LogP contribution >= 0.6 is 24.0 Å². The van der Waals surface area contributed by atoms with E-state index in [1.807, 2.05) is 18.2 Å². The molecule has 0 N–H and O–H groups in total. The van der Waals surface area contributed by atoms with Crippen molar-refractivity contribution in [2.45, 2.75) is 6.42 Å². The summed E-state index contributed by atoms with van der Waals surface area (Å²) in [5.74, 6) is 1.11. The maximum absolute atomic E-state index is 12.7. The lowest BCUT2D eigenvalue weighted by Crippen LogP contribution is -2.30. The molecule has 1 saturated heterocycles. The van der Waals surface area contributed by atoms with E-state index < -0.39 is 4.92 Å². The number of thiocarbonyl (C=S) groups is 1. The molecule has 1 fully saturated rings. The van der Waals surface area contributed by atoms with Gasteiger partial charge in [-0.1, -0.05) is 30.0 Å². The molecular weight excluding hydrogens is 412 g/mol. The van der Waals surface area contributed by atoms with Gasteiger partial charge in [-0.3, -0.25) is 19.8 Å². The number of non-ortho nitro benzene ring substituents is 1. The molecule has 0 unspecified atom stereocenters. The van der Waals surface area contributed by atoms with Crippen LogP contribution in [0.25, 0.3) is 6.08 Å². The lowest BCUT2D eigenvalue weighted by Gasteiger charge is -2.15. The van der Waals surface area contributed by atoms with Crippen LogP contribution in [0.1, 0.15) is 11.1 Å². The smallest absolute Gasteiger partial charge is 0.269 e. The normalized spacial score (nSPS) is 15.1. The van der Waals surface area contributed by atoms with Gasteiger partial charge in [0.15, 0.2) is 11.5 Å². The van der Waals surface area contributed by atoms with Crippen LogP contribution in [0.2, 0.25) is 0 Å². The molecule has 0 spiro atoms. The highest BCUT2D eigenvalue weighted by Gasteiger charge is 2.31. The van der Waals surface area contributed by atoms with Gasteiger partial charge in [0.2, 0.25) is 0 Å². The molecular formula is C20H18N2O5S2. The number of rotatable bonds is 7. The van der Waals surface area contributed by atoms with Crippen LogP contribution in [0.5, 0.6) is 11.5 Å². The SMILES string of the molecule is COc1ccc(CCN2C(=O)/C(=C/c3ccc([N+](=O)[O-])cc3)SC2=S)cc1OC. The van der Waals surface area contributed by atoms with E-state index >= 15 is 0 Å². The maximum atomic E-state index is 12.7. The van der Waals surface area contributed by atoms with Crippen molar-refractivity contribution in [1.29, 1.82) is 0 Å². The largest absolute Gasteiger partial charge is 0.493 e. The number of benzene rings is 2. The summed E-state index contributed by atoms with van der Waals surface area (Å²) in [7, 11) is 3.15. The van der Waals surface area contributed by atoms with E-state index in [2.05, 4.69) is 0 Å². The van der Waals surface area contributed by atoms with Gasteiger partial charge in [0.05, 0.1) is 24.0 Å². The van der Waals surface area contributed by atoms with Gasteiger partial charge in [-0.2, -0.15) is 0 Å². The van der Waals surface area contributed by atoms with Crippen LogP contribution in [0.3, 0.4) is 0 Å². The van der Waals surface area contributed by atoms with E-state index in [0.717, 1.165) is 5.56 Å². The minimum atomic E-state index is -0.461. The summed E-state index contributed by atoms with van der Waals surface area (Å²) in [4.78, 5) is 25.1. The van der Waals surface area contributed by atoms with Crippen molar-refractivity contribution in [2.24, 2.45) is 0 Å². The predicted molar refractivity (Wildman–Crippen MR) is 116 cm³/mol. The average Bonchev–Trinajstić information content (AvgIpc) is 2.99. The number of ether oxygens (including phenoxy) is 2. The molecule has 0 aliphatic carbocycles. The second-order valence-corrected chi connectivity index (χ2v) is 7.80. The molecule has 0 atom stereocenters. The summed E-state index contributed by atoms with van der Waals surface area (Å²) in [5.41, 5.74) is 1.71. The minimum absolute atomic E-state index is 0.00428. The molecule has 9 heteroatoms. The second-order valence-electron chi connectivity index (χ2n) is 6.12. The molecule has 0 aromatic heterocycles. The zero-order valence-electron chi connectivity index (χ0n) is 15.8. The first kappa shape index (κ1) is 20.8. The monoisotopic (exact) mass is 430 g/mol. The van der Waals surface area contributed by atoms with Crippen LogP contribution in [0, 0.1) is 10.1 Å². The Balaban J connectivity index is 1.69. The number of thioether (sulfide) groups is 1. The van der Waals surface area contributed by atoms with Gasteiger partial charge in [0.1, 0.15) is 4.32 Å². The van der Waals surface area contributed by atoms with Gasteiger partial charge >= 0.3 is 0 Å². The zero-order chi connectivity index (χ0) is 21.0. The first-order chi connectivity index (χ1) is 13.9. The Kier molecular flexibility index (Phi) is 6.50. The molecule has 1 amide bonds. The maximum Gasteiger partial charge on any atom is 0.269 e. The van der Waals surface area contributed by atoms with Crippen LogP contribution in [-0.4, -0.2) is 40.8 Å². The first-order valence-corrected chi connectivity index (χ1v) is 9.86. The van der Waals surface area contributed by atoms with Crippen molar-refractivity contribution in [3.8, 4) is 11.5 Å². The first-order valence-electron chi connectivity index (χ1n) is 8.63. The minimum Gasteiger partial charge on any atom is -0.493 e. The number of carbonyl (C=O) groups excluding carboxylic acids is 1. The summed E-state index contributed by atoms with van der Waals surface area (Å²) in [6, 6.07) is 11.7. The highest BCUT2D eigenvalue weighted by Crippen LogP contribution is 2.33. The molecule has 29 heavy (non-hydrogen) atoms. The standard InChI is InChI=1S/C20H18N2O5S2/c1-26-16-8-5-14(11-17(16)27-2)9-10-21-19(23)18(29-20(21)28)12-13-3-6-15(7-4-13)22(24)25/h3-8,11-12H,9-10H2,1-2H3/b18-12-. The third-order valence-corrected chi connectivity index (χ3v) is 5.73. The third-order valence-electron chi connectivity index (χ3n) is 4.35. The van der Waals surface area contributed by atoms with Crippen molar-refractivity contribution in [3.05, 3.63) is 68.6 Å². The Labute approximate surface area is 177 Å². The lowest BCUT2D eigenvalue weighted by molar-refractivity contribution is -0.384. The van der Waals surface area contributed by atoms with Gasteiger partial charge in [-0.05, 0) is 47.9 Å². The molecule has 0 saturated carbocycles. The van der Waals surface area contributed by atoms with Gasteiger partial charge < -0.3 is 9.47 Å². The second kappa shape index (κ2) is 9.06. The summed E-state index contributed by atoms with van der Waals surface area (Å²) in [5, 5.41) is 10.8. The molecule has 1 aliphatic heterocycles. The highest BCUT2D eigenvalue weighted by molar-refractivity contribution is 8.26. The zero-order valence-corrected chi connectivity index (χ0v) is 17.4. The van der Waals surface area contributed by atoms with Crippen molar-refractivity contribution in [3.63, 3.8) is 0 Å². The molecule has 1 aliphatic rings. The number of nitrogens with zero attached hydrogens (tertiary/aromatic N) is 2. The third kappa shape index (κ3) is 4.75. The molecule has 0 radical (unpaired) electrons. The van der Waals surface area contributed by atoms with Gasteiger partial charge in [-0.25, -0.2) is 0 Å². The fourth-order valence-electron chi connectivity index (χ4n) is 2.81. The lowest BCUT2D eigenvalue weighted by atomic mass is 10.1. The summed E-state index contributed by atoms with van der Waals surface area (Å²) < 4.78 is 11.0. The van der Waals surface area contributed by atoms with Crippen molar-refractivity contribution >= 4 is 46.0 Å². The van der Waals surface area contributed by atoms with Crippen LogP contribution < -0.4 is 9.47 Å². The number of amides is 1. The number of methoxy groups -OCH3 is 2. The Morgan fingerprint density at radius 3 is 2.45 bits per heavy atom. The summed E-state index contributed by atoms with van der Waals surface area (Å²) >= 11 is 6.59. The van der Waals surface area contributed by atoms with Gasteiger partial charge in [0.25, 0.3) is 11.6 Å². The van der Waals surface area contributed by atoms with Gasteiger partial charge in [0, 0.05) is 18.7 Å². The molecule has 0 bridgehead atoms. The summed E-state index contributed by atoms with van der Waals surface area (Å²) in [6.07, 6.45) is 2.30. The Morgan fingerprint density at radius 1 is 1.14 bits per heavy atom. The van der Waals surface area contributed by atoms with E-state index in [-0.39, 0.29) is 11.6 Å². The quantitative estimate of drug-likeness (QED) is 0.284. The van der Waals surface area contributed by atoms with E-state index in [9.17, 15) is 14.9 Å². The predicted octanol–water partition coefficient (Wildman–Crippen LogP) is 4.06. The number of hydrogen-bond donors (Lipinski definition) is 0. The topological polar surface area (TPSA) is 81.9 Å². The molecule has 150 valence electrons. The Hall–Kier alpha value is -2.91. The Bertz CT molecular complexity index is 989. The highest BCUT2D eigenvalue weighted by atomic mass is 32.2. The number of hydrogen-bond acceptors (Lipinski definition) is 7. The average molecular weight is 431 g/mol. The van der Waals surface area contributed by atoms with Crippen molar-refractivity contribution in [1.82, 2.24) is 4.90 Å². The van der Waals surface area contributed by atoms with Crippen molar-refractivity contribution in [2.75, 3.05) is 20.8 Å². The number of carbonyl (C=O) groups is 1. The molecule has 2 aromatic rings. The molecule has 3 rings (SSSR count). The molecule has 7 nitrogen and oxygen atoms in total. The number of nitro groups is 1. The molecule has 1 heterocycles. The van der Waals surface area contributed by atoms with Crippen LogP contribution in [0.4, 0.5) is 5.69 Å². The van der Waals surface area contributed by atoms with E-state index in [1.54, 1.807) is 37.3 Å². The Morgan fingerprint density at radius 2 is 1.83 bits per heavy atom. The number of nitro benzene ring substituents is 1. The van der Waals surface area contributed by atoms with E-state index in [1.165, 1.54) is 23.9 Å². The van der Waals surface area contributed by atoms with Crippen LogP contribution in [0.15, 0.2) is 47.4 Å². The summed E-state index contributed by atoms with van der Waals surface area (Å²) in [6.45, 7) is 0.442. The van der Waals surface area contributed by atoms with Crippen molar-refractivity contribution < 1.29 is 19.2 Å². The fourth-order valence-corrected chi connectivity index (χ4v) is 4.12. The van der Waals surface area contributed by atoms with Crippen LogP contribution in [-0.2, 0) is 11.2 Å². The van der Waals surface area contributed by atoms with E-state index in [0.29, 0.717) is 39.3 Å². The fraction of sp³-hybridized carbons (Fsp3) is 0.200.